The minimum atomic E-state index is -0.410. The van der Waals surface area contributed by atoms with E-state index in [2.05, 4.69) is 17.1 Å². The summed E-state index contributed by atoms with van der Waals surface area (Å²) in [5.41, 5.74) is 2.07. The number of nitrogens with zero attached hydrogens (tertiary/aromatic N) is 3. The number of halogens is 1. The van der Waals surface area contributed by atoms with Crippen LogP contribution in [0.5, 0.6) is 0 Å². The molecule has 4 rings (SSSR count). The molecule has 2 heterocycles. The highest BCUT2D eigenvalue weighted by Gasteiger charge is 2.39. The maximum atomic E-state index is 13.1. The summed E-state index contributed by atoms with van der Waals surface area (Å²) in [5, 5.41) is 3.62. The fourth-order valence-corrected chi connectivity index (χ4v) is 4.60. The van der Waals surface area contributed by atoms with Gasteiger partial charge >= 0.3 is 0 Å². The molecule has 0 aromatic heterocycles. The molecule has 5 nitrogen and oxygen atoms in total. The molecular formula is C23H25FN4OS. The van der Waals surface area contributed by atoms with Gasteiger partial charge in [-0.25, -0.2) is 9.38 Å². The van der Waals surface area contributed by atoms with Crippen molar-refractivity contribution in [3.63, 3.8) is 0 Å². The van der Waals surface area contributed by atoms with E-state index in [4.69, 9.17) is 9.98 Å². The number of rotatable bonds is 5. The van der Waals surface area contributed by atoms with Gasteiger partial charge in [-0.05, 0) is 30.8 Å². The molecule has 0 radical (unpaired) electrons. The van der Waals surface area contributed by atoms with Crippen LogP contribution in [0.1, 0.15) is 25.3 Å². The summed E-state index contributed by atoms with van der Waals surface area (Å²) in [6.45, 7) is 5.18. The smallest absolute Gasteiger partial charge is 0.234 e. The van der Waals surface area contributed by atoms with E-state index in [0.717, 1.165) is 48.8 Å². The van der Waals surface area contributed by atoms with E-state index in [1.807, 2.05) is 30.3 Å². The predicted octanol–water partition coefficient (Wildman–Crippen LogP) is 4.21. The van der Waals surface area contributed by atoms with Crippen LogP contribution in [-0.2, 0) is 4.79 Å². The van der Waals surface area contributed by atoms with Gasteiger partial charge in [-0.15, -0.1) is 0 Å². The van der Waals surface area contributed by atoms with E-state index in [9.17, 15) is 9.18 Å². The van der Waals surface area contributed by atoms with E-state index in [-0.39, 0.29) is 17.5 Å². The zero-order valence-corrected chi connectivity index (χ0v) is 17.8. The van der Waals surface area contributed by atoms with Gasteiger partial charge < -0.3 is 10.2 Å². The van der Waals surface area contributed by atoms with Gasteiger partial charge in [-0.1, -0.05) is 49.0 Å². The molecule has 0 aliphatic carbocycles. The van der Waals surface area contributed by atoms with Crippen LogP contribution in [0.25, 0.3) is 0 Å². The third-order valence-corrected chi connectivity index (χ3v) is 6.42. The zero-order valence-electron chi connectivity index (χ0n) is 17.0. The Morgan fingerprint density at radius 3 is 2.47 bits per heavy atom. The van der Waals surface area contributed by atoms with E-state index >= 15 is 0 Å². The van der Waals surface area contributed by atoms with Gasteiger partial charge in [0.1, 0.15) is 10.9 Å². The molecule has 0 saturated carbocycles. The lowest BCUT2D eigenvalue weighted by atomic mass is 9.98. The first kappa shape index (κ1) is 20.8. The fourth-order valence-electron chi connectivity index (χ4n) is 3.72. The second-order valence-electron chi connectivity index (χ2n) is 7.50. The molecule has 2 aliphatic rings. The first-order chi connectivity index (χ1) is 14.6. The van der Waals surface area contributed by atoms with Crippen LogP contribution in [-0.4, -0.2) is 52.6 Å². The van der Waals surface area contributed by atoms with Crippen molar-refractivity contribution in [1.29, 1.82) is 0 Å². The lowest BCUT2D eigenvalue weighted by molar-refractivity contribution is -0.113. The van der Waals surface area contributed by atoms with Crippen LogP contribution in [0.15, 0.2) is 64.6 Å². The Hall–Kier alpha value is -2.51. The number of piperidine rings is 1. The molecule has 2 aromatic rings. The number of amides is 1. The number of thioether (sulfide) groups is 1. The molecule has 0 atom stereocenters. The maximum Gasteiger partial charge on any atom is 0.234 e. The second kappa shape index (κ2) is 9.10. The summed E-state index contributed by atoms with van der Waals surface area (Å²) in [5.74, 6) is -0.256. The van der Waals surface area contributed by atoms with Gasteiger partial charge in [0.15, 0.2) is 5.66 Å². The molecule has 2 aromatic carbocycles. The van der Waals surface area contributed by atoms with Crippen LogP contribution < -0.4 is 5.32 Å². The van der Waals surface area contributed by atoms with Gasteiger partial charge in [-0.3, -0.25) is 9.79 Å². The molecule has 7 heteroatoms. The summed E-state index contributed by atoms with van der Waals surface area (Å²) in [6.07, 6.45) is 1.78. The quantitative estimate of drug-likeness (QED) is 0.782. The number of anilines is 1. The second-order valence-corrected chi connectivity index (χ2v) is 8.47. The molecule has 1 N–H and O–H groups in total. The summed E-state index contributed by atoms with van der Waals surface area (Å²) in [4.78, 5) is 24.9. The number of likely N-dealkylation sites (tertiary alicyclic amines) is 1. The molecular weight excluding hydrogens is 399 g/mol. The van der Waals surface area contributed by atoms with Crippen molar-refractivity contribution in [3.8, 4) is 0 Å². The first-order valence-electron chi connectivity index (χ1n) is 10.2. The maximum absolute atomic E-state index is 13.1. The van der Waals surface area contributed by atoms with Gasteiger partial charge in [0.05, 0.1) is 11.5 Å². The monoisotopic (exact) mass is 424 g/mol. The van der Waals surface area contributed by atoms with Crippen LogP contribution in [0, 0.1) is 5.82 Å². The first-order valence-corrected chi connectivity index (χ1v) is 11.2. The van der Waals surface area contributed by atoms with Crippen LogP contribution in [0.4, 0.5) is 10.1 Å². The molecule has 1 amide bonds. The van der Waals surface area contributed by atoms with Crippen molar-refractivity contribution in [2.45, 2.75) is 25.4 Å². The lowest BCUT2D eigenvalue weighted by Crippen LogP contribution is -2.41. The number of carbonyl (C=O) groups is 1. The number of benzene rings is 2. The third kappa shape index (κ3) is 4.79. The van der Waals surface area contributed by atoms with Crippen molar-refractivity contribution in [3.05, 3.63) is 66.0 Å². The van der Waals surface area contributed by atoms with E-state index < -0.39 is 5.66 Å². The van der Waals surface area contributed by atoms with Crippen molar-refractivity contribution < 1.29 is 9.18 Å². The molecule has 30 heavy (non-hydrogen) atoms. The minimum Gasteiger partial charge on any atom is -0.325 e. The number of aliphatic imine (C=N–C) groups is 2. The van der Waals surface area contributed by atoms with Gasteiger partial charge in [0.2, 0.25) is 5.91 Å². The topological polar surface area (TPSA) is 57.1 Å². The van der Waals surface area contributed by atoms with Gasteiger partial charge in [0.25, 0.3) is 0 Å². The van der Waals surface area contributed by atoms with Gasteiger partial charge in [0, 0.05) is 37.2 Å². The third-order valence-electron chi connectivity index (χ3n) is 5.45. The molecule has 2 aliphatic heterocycles. The molecule has 1 fully saturated rings. The van der Waals surface area contributed by atoms with E-state index in [0.29, 0.717) is 5.69 Å². The molecule has 0 bridgehead atoms. The Morgan fingerprint density at radius 1 is 1.10 bits per heavy atom. The number of carbonyl (C=O) groups excluding carboxylic acids is 1. The Kier molecular flexibility index (Phi) is 6.29. The van der Waals surface area contributed by atoms with Crippen LogP contribution in [0.3, 0.4) is 0 Å². The SMILES string of the molecule is CCN1CCC2(CC1)N=C(SCC(=O)Nc1ccc(F)cc1)C(c1ccccc1)=N2. The highest BCUT2D eigenvalue weighted by atomic mass is 32.2. The Labute approximate surface area is 180 Å². The Bertz CT molecular complexity index is 951. The molecule has 1 saturated heterocycles. The summed E-state index contributed by atoms with van der Waals surface area (Å²) in [7, 11) is 0. The number of hydrogen-bond donors (Lipinski definition) is 1. The number of nitrogens with one attached hydrogen (secondary N) is 1. The highest BCUT2D eigenvalue weighted by Crippen LogP contribution is 2.35. The molecule has 156 valence electrons. The Morgan fingerprint density at radius 2 is 1.80 bits per heavy atom. The number of hydrogen-bond acceptors (Lipinski definition) is 5. The van der Waals surface area contributed by atoms with Crippen LogP contribution in [0.2, 0.25) is 0 Å². The molecule has 1 spiro atoms. The van der Waals surface area contributed by atoms with Crippen molar-refractivity contribution in [2.75, 3.05) is 30.7 Å². The average molecular weight is 425 g/mol. The van der Waals surface area contributed by atoms with E-state index in [1.165, 1.54) is 23.9 Å². The Balaban J connectivity index is 1.48. The average Bonchev–Trinajstić information content (AvgIpc) is 3.13. The molecule has 0 unspecified atom stereocenters. The highest BCUT2D eigenvalue weighted by molar-refractivity contribution is 8.16. The van der Waals surface area contributed by atoms with Crippen molar-refractivity contribution in [1.82, 2.24) is 4.90 Å². The fraction of sp³-hybridized carbons (Fsp3) is 0.348. The van der Waals surface area contributed by atoms with Crippen molar-refractivity contribution >= 4 is 34.1 Å². The van der Waals surface area contributed by atoms with E-state index in [1.54, 1.807) is 12.1 Å². The predicted molar refractivity (Wildman–Crippen MR) is 122 cm³/mol. The van der Waals surface area contributed by atoms with Crippen LogP contribution >= 0.6 is 11.8 Å². The largest absolute Gasteiger partial charge is 0.325 e. The summed E-state index contributed by atoms with van der Waals surface area (Å²) in [6, 6.07) is 15.8. The summed E-state index contributed by atoms with van der Waals surface area (Å²) >= 11 is 1.41. The van der Waals surface area contributed by atoms with Gasteiger partial charge in [-0.2, -0.15) is 0 Å². The minimum absolute atomic E-state index is 0.150. The lowest BCUT2D eigenvalue weighted by Gasteiger charge is -2.34. The zero-order chi connectivity index (χ0) is 21.0. The van der Waals surface area contributed by atoms with Crippen molar-refractivity contribution in [2.24, 2.45) is 9.98 Å². The summed E-state index contributed by atoms with van der Waals surface area (Å²) < 4.78 is 13.1. The standard InChI is InChI=1S/C23H25FN4OS/c1-2-28-14-12-23(13-15-28)26-21(17-6-4-3-5-7-17)22(27-23)30-16-20(29)25-19-10-8-18(24)9-11-19/h3-11H,2,12-16H2,1H3,(H,25,29). The normalized spacial score (nSPS) is 18.2.